The summed E-state index contributed by atoms with van der Waals surface area (Å²) in [6.45, 7) is 0.904. The van der Waals surface area contributed by atoms with Crippen LogP contribution < -0.4 is 5.32 Å². The second kappa shape index (κ2) is 5.24. The van der Waals surface area contributed by atoms with E-state index in [2.05, 4.69) is 51.1 Å². The monoisotopic (exact) mass is 372 g/mol. The van der Waals surface area contributed by atoms with Crippen LogP contribution in [-0.2, 0) is 6.42 Å². The summed E-state index contributed by atoms with van der Waals surface area (Å²) in [5, 5.41) is 14.7. The summed E-state index contributed by atoms with van der Waals surface area (Å²) in [6, 6.07) is 8.27. The van der Waals surface area contributed by atoms with Gasteiger partial charge >= 0.3 is 0 Å². The first-order valence-electron chi connectivity index (χ1n) is 5.86. The third-order valence-electron chi connectivity index (χ3n) is 3.21. The first kappa shape index (κ1) is 12.5. The van der Waals surface area contributed by atoms with Crippen molar-refractivity contribution in [1.82, 2.24) is 10.3 Å². The Morgan fingerprint density at radius 1 is 1.44 bits per heavy atom. The van der Waals surface area contributed by atoms with Crippen LogP contribution in [0.1, 0.15) is 28.3 Å². The number of nitrogens with zero attached hydrogens (tertiary/aromatic N) is 1. The third-order valence-corrected chi connectivity index (χ3v) is 5.01. The lowest BCUT2D eigenvalue weighted by Crippen LogP contribution is -2.33. The molecule has 0 radical (unpaired) electrons. The predicted octanol–water partition coefficient (Wildman–Crippen LogP) is 2.67. The summed E-state index contributed by atoms with van der Waals surface area (Å²) in [5.41, 5.74) is 2.52. The van der Waals surface area contributed by atoms with E-state index in [1.807, 2.05) is 6.07 Å². The van der Waals surface area contributed by atoms with Gasteiger partial charge in [-0.05, 0) is 46.7 Å². The number of thiazole rings is 1. The number of hydrogen-bond acceptors (Lipinski definition) is 4. The van der Waals surface area contributed by atoms with Crippen molar-refractivity contribution in [1.29, 1.82) is 0 Å². The number of aliphatic hydroxyl groups is 1. The number of hydrogen-bond donors (Lipinski definition) is 2. The molecular formula is C13H13IN2OS. The van der Waals surface area contributed by atoms with Crippen LogP contribution in [0.4, 0.5) is 0 Å². The van der Waals surface area contributed by atoms with Crippen molar-refractivity contribution < 1.29 is 5.11 Å². The molecule has 2 N–H and O–H groups in total. The van der Waals surface area contributed by atoms with E-state index in [4.69, 9.17) is 0 Å². The molecule has 0 bridgehead atoms. The van der Waals surface area contributed by atoms with Crippen LogP contribution in [0.15, 0.2) is 30.5 Å². The Bertz CT molecular complexity index is 557. The lowest BCUT2D eigenvalue weighted by molar-refractivity contribution is 0.125. The van der Waals surface area contributed by atoms with Crippen LogP contribution in [0.2, 0.25) is 0 Å². The molecule has 1 aromatic heterocycles. The lowest BCUT2D eigenvalue weighted by Gasteiger charge is -2.29. The Balaban J connectivity index is 1.94. The van der Waals surface area contributed by atoms with E-state index in [1.54, 1.807) is 17.5 Å². The van der Waals surface area contributed by atoms with Gasteiger partial charge in [0.2, 0.25) is 0 Å². The lowest BCUT2D eigenvalue weighted by atomic mass is 9.91. The van der Waals surface area contributed by atoms with E-state index >= 15 is 0 Å². The summed E-state index contributed by atoms with van der Waals surface area (Å²) in [7, 11) is 0. The minimum absolute atomic E-state index is 0.0445. The molecular weight excluding hydrogens is 359 g/mol. The smallest absolute Gasteiger partial charge is 0.125 e. The average Bonchev–Trinajstić information content (AvgIpc) is 2.84. The zero-order chi connectivity index (χ0) is 12.5. The van der Waals surface area contributed by atoms with Gasteiger partial charge in [0.1, 0.15) is 11.1 Å². The molecule has 0 saturated heterocycles. The molecule has 2 unspecified atom stereocenters. The molecule has 0 amide bonds. The van der Waals surface area contributed by atoms with Crippen LogP contribution in [0.5, 0.6) is 0 Å². The van der Waals surface area contributed by atoms with Crippen molar-refractivity contribution in [3.8, 4) is 0 Å². The number of fused-ring (bicyclic) bond motifs is 1. The molecule has 1 aliphatic heterocycles. The van der Waals surface area contributed by atoms with Gasteiger partial charge in [0.25, 0.3) is 0 Å². The zero-order valence-corrected chi connectivity index (χ0v) is 12.6. The molecule has 18 heavy (non-hydrogen) atoms. The molecule has 2 aromatic rings. The first-order valence-corrected chi connectivity index (χ1v) is 7.75. The molecule has 5 heteroatoms. The molecule has 2 heterocycles. The van der Waals surface area contributed by atoms with Crippen LogP contribution in [0.3, 0.4) is 0 Å². The number of benzene rings is 1. The van der Waals surface area contributed by atoms with Crippen molar-refractivity contribution in [2.45, 2.75) is 18.6 Å². The number of halogens is 1. The quantitative estimate of drug-likeness (QED) is 0.797. The Morgan fingerprint density at radius 3 is 3.06 bits per heavy atom. The molecule has 3 nitrogen and oxygen atoms in total. The number of aromatic nitrogens is 1. The van der Waals surface area contributed by atoms with Gasteiger partial charge in [-0.25, -0.2) is 4.98 Å². The fourth-order valence-corrected chi connectivity index (χ4v) is 3.85. The van der Waals surface area contributed by atoms with Crippen molar-refractivity contribution >= 4 is 33.9 Å². The second-order valence-corrected chi connectivity index (χ2v) is 7.28. The third kappa shape index (κ3) is 2.32. The molecule has 0 fully saturated rings. The van der Waals surface area contributed by atoms with Crippen LogP contribution >= 0.6 is 33.9 Å². The van der Waals surface area contributed by atoms with Gasteiger partial charge in [-0.1, -0.05) is 24.3 Å². The van der Waals surface area contributed by atoms with Crippen molar-refractivity contribution in [3.63, 3.8) is 0 Å². The van der Waals surface area contributed by atoms with Crippen molar-refractivity contribution in [3.05, 3.63) is 49.5 Å². The Labute approximate surface area is 123 Å². The highest BCUT2D eigenvalue weighted by atomic mass is 127. The highest BCUT2D eigenvalue weighted by molar-refractivity contribution is 14.1. The molecule has 0 spiro atoms. The number of rotatable bonds is 2. The largest absolute Gasteiger partial charge is 0.384 e. The van der Waals surface area contributed by atoms with Crippen molar-refractivity contribution in [2.24, 2.45) is 0 Å². The molecule has 94 valence electrons. The molecule has 2 atom stereocenters. The predicted molar refractivity (Wildman–Crippen MR) is 80.7 cm³/mol. The Morgan fingerprint density at radius 2 is 2.28 bits per heavy atom. The maximum absolute atomic E-state index is 10.5. The van der Waals surface area contributed by atoms with Gasteiger partial charge in [-0.2, -0.15) is 0 Å². The molecule has 3 rings (SSSR count). The standard InChI is InChI=1S/C13H13IN2OS/c14-10-7-16-13(18-10)12(17)11-9-4-2-1-3-8(9)5-6-15-11/h1-4,7,11-12,15,17H,5-6H2. The summed E-state index contributed by atoms with van der Waals surface area (Å²) in [6.07, 6.45) is 2.26. The molecule has 1 aliphatic rings. The van der Waals surface area contributed by atoms with Crippen molar-refractivity contribution in [2.75, 3.05) is 6.54 Å². The maximum atomic E-state index is 10.5. The van der Waals surface area contributed by atoms with Crippen LogP contribution in [0, 0.1) is 2.88 Å². The number of nitrogens with one attached hydrogen (secondary N) is 1. The fourth-order valence-electron chi connectivity index (χ4n) is 2.37. The Hall–Kier alpha value is -0.500. The van der Waals surface area contributed by atoms with E-state index in [0.29, 0.717) is 0 Å². The maximum Gasteiger partial charge on any atom is 0.125 e. The minimum Gasteiger partial charge on any atom is -0.384 e. The molecule has 0 saturated carbocycles. The van der Waals surface area contributed by atoms with Gasteiger partial charge in [0.15, 0.2) is 0 Å². The van der Waals surface area contributed by atoms with E-state index in [1.165, 1.54) is 11.1 Å². The first-order chi connectivity index (χ1) is 8.75. The summed E-state index contributed by atoms with van der Waals surface area (Å²) >= 11 is 3.78. The topological polar surface area (TPSA) is 45.2 Å². The molecule has 0 aliphatic carbocycles. The normalized spacial score (nSPS) is 20.4. The fraction of sp³-hybridized carbons (Fsp3) is 0.308. The minimum atomic E-state index is -0.569. The van der Waals surface area contributed by atoms with Crippen LogP contribution in [0.25, 0.3) is 0 Å². The van der Waals surface area contributed by atoms with E-state index in [9.17, 15) is 5.11 Å². The zero-order valence-electron chi connectivity index (χ0n) is 9.64. The SMILES string of the molecule is OC(c1ncc(I)s1)C1NCCc2ccccc21. The Kier molecular flexibility index (Phi) is 3.65. The summed E-state index contributed by atoms with van der Waals surface area (Å²) < 4.78 is 1.10. The van der Waals surface area contributed by atoms with Gasteiger partial charge in [0.05, 0.1) is 15.1 Å². The van der Waals surface area contributed by atoms with E-state index < -0.39 is 6.10 Å². The number of aliphatic hydroxyl groups excluding tert-OH is 1. The van der Waals surface area contributed by atoms with Crippen LogP contribution in [-0.4, -0.2) is 16.6 Å². The van der Waals surface area contributed by atoms with E-state index in [0.717, 1.165) is 20.9 Å². The highest BCUT2D eigenvalue weighted by Gasteiger charge is 2.28. The van der Waals surface area contributed by atoms with E-state index in [-0.39, 0.29) is 6.04 Å². The molecule has 1 aromatic carbocycles. The average molecular weight is 372 g/mol. The highest BCUT2D eigenvalue weighted by Crippen LogP contribution is 2.34. The summed E-state index contributed by atoms with van der Waals surface area (Å²) in [4.78, 5) is 4.28. The van der Waals surface area contributed by atoms with Gasteiger partial charge < -0.3 is 10.4 Å². The van der Waals surface area contributed by atoms with Gasteiger partial charge in [0, 0.05) is 0 Å². The second-order valence-electron chi connectivity index (χ2n) is 4.33. The summed E-state index contributed by atoms with van der Waals surface area (Å²) in [5.74, 6) is 0. The van der Waals surface area contributed by atoms with Gasteiger partial charge in [-0.15, -0.1) is 11.3 Å². The van der Waals surface area contributed by atoms with Gasteiger partial charge in [-0.3, -0.25) is 0 Å².